The van der Waals surface area contributed by atoms with E-state index in [4.69, 9.17) is 4.74 Å². The molecule has 0 saturated carbocycles. The van der Waals surface area contributed by atoms with Crippen molar-refractivity contribution in [3.05, 3.63) is 36.2 Å². The third-order valence-corrected chi connectivity index (χ3v) is 4.94. The van der Waals surface area contributed by atoms with Gasteiger partial charge in [-0.3, -0.25) is 0 Å². The number of para-hydroxylation sites is 2. The van der Waals surface area contributed by atoms with Gasteiger partial charge in [-0.15, -0.1) is 0 Å². The van der Waals surface area contributed by atoms with Crippen LogP contribution in [0.2, 0.25) is 0 Å². The molecule has 1 saturated heterocycles. The number of hydrogen-bond acceptors (Lipinski definition) is 6. The van der Waals surface area contributed by atoms with E-state index in [9.17, 15) is 0 Å². The van der Waals surface area contributed by atoms with E-state index in [2.05, 4.69) is 50.2 Å². The molecule has 2 heterocycles. The Balaban J connectivity index is 1.62. The van der Waals surface area contributed by atoms with Crippen LogP contribution in [-0.4, -0.2) is 49.8 Å². The van der Waals surface area contributed by atoms with Gasteiger partial charge in [0.05, 0.1) is 12.8 Å². The van der Waals surface area contributed by atoms with E-state index >= 15 is 0 Å². The highest BCUT2D eigenvalue weighted by molar-refractivity contribution is 5.60. The Morgan fingerprint density at radius 3 is 2.52 bits per heavy atom. The van der Waals surface area contributed by atoms with Crippen molar-refractivity contribution in [2.45, 2.75) is 33.1 Å². The minimum absolute atomic E-state index is 0.817. The first-order chi connectivity index (χ1) is 13.2. The molecule has 1 fully saturated rings. The molecule has 1 aliphatic heterocycles. The van der Waals surface area contributed by atoms with Crippen LogP contribution < -0.4 is 19.9 Å². The molecule has 27 heavy (non-hydrogen) atoms. The number of piperazine rings is 1. The van der Waals surface area contributed by atoms with Gasteiger partial charge in [0.1, 0.15) is 23.2 Å². The lowest BCUT2D eigenvalue weighted by molar-refractivity contribution is 0.413. The lowest BCUT2D eigenvalue weighted by Crippen LogP contribution is -2.47. The molecular formula is C21H31N5O. The highest BCUT2D eigenvalue weighted by atomic mass is 16.5. The minimum Gasteiger partial charge on any atom is -0.495 e. The van der Waals surface area contributed by atoms with Gasteiger partial charge in [0, 0.05) is 38.8 Å². The molecule has 1 N–H and O–H groups in total. The summed E-state index contributed by atoms with van der Waals surface area (Å²) in [6.45, 7) is 8.91. The molecule has 0 spiro atoms. The predicted molar refractivity (Wildman–Crippen MR) is 112 cm³/mol. The molecule has 2 aromatic rings. The number of benzene rings is 1. The predicted octanol–water partition coefficient (Wildman–Crippen LogP) is 3.72. The fraction of sp³-hybridized carbons (Fsp3) is 0.524. The topological polar surface area (TPSA) is 53.5 Å². The van der Waals surface area contributed by atoms with Crippen LogP contribution in [0.15, 0.2) is 30.3 Å². The second kappa shape index (κ2) is 9.44. The maximum absolute atomic E-state index is 5.51. The zero-order chi connectivity index (χ0) is 19.1. The summed E-state index contributed by atoms with van der Waals surface area (Å²) in [5.74, 6) is 3.70. The summed E-state index contributed by atoms with van der Waals surface area (Å²) in [4.78, 5) is 13.9. The van der Waals surface area contributed by atoms with Crippen LogP contribution in [0.4, 0.5) is 17.3 Å². The maximum atomic E-state index is 5.51. The van der Waals surface area contributed by atoms with Gasteiger partial charge >= 0.3 is 0 Å². The number of nitrogens with one attached hydrogen (secondary N) is 1. The van der Waals surface area contributed by atoms with Crippen LogP contribution in [-0.2, 0) is 0 Å². The first kappa shape index (κ1) is 19.3. The lowest BCUT2D eigenvalue weighted by Gasteiger charge is -2.37. The Labute approximate surface area is 162 Å². The van der Waals surface area contributed by atoms with E-state index in [1.807, 2.05) is 19.1 Å². The van der Waals surface area contributed by atoms with Crippen LogP contribution in [0.5, 0.6) is 5.75 Å². The summed E-state index contributed by atoms with van der Waals surface area (Å²) in [6, 6.07) is 10.3. The first-order valence-corrected chi connectivity index (χ1v) is 9.93. The van der Waals surface area contributed by atoms with Gasteiger partial charge in [0.25, 0.3) is 0 Å². The van der Waals surface area contributed by atoms with Crippen molar-refractivity contribution >= 4 is 17.3 Å². The number of methoxy groups -OCH3 is 1. The highest BCUT2D eigenvalue weighted by Crippen LogP contribution is 2.29. The van der Waals surface area contributed by atoms with Crippen molar-refractivity contribution < 1.29 is 4.74 Å². The van der Waals surface area contributed by atoms with Crippen molar-refractivity contribution in [2.24, 2.45) is 0 Å². The maximum Gasteiger partial charge on any atom is 0.142 e. The summed E-state index contributed by atoms with van der Waals surface area (Å²) in [5, 5.41) is 3.44. The molecule has 6 heteroatoms. The first-order valence-electron chi connectivity index (χ1n) is 9.93. The van der Waals surface area contributed by atoms with Crippen molar-refractivity contribution in [1.29, 1.82) is 0 Å². The number of unbranched alkanes of at least 4 members (excludes halogenated alkanes) is 2. The molecule has 6 nitrogen and oxygen atoms in total. The molecular weight excluding hydrogens is 338 g/mol. The van der Waals surface area contributed by atoms with E-state index in [1.165, 1.54) is 19.3 Å². The molecule has 146 valence electrons. The molecule has 0 atom stereocenters. The molecule has 0 amide bonds. The van der Waals surface area contributed by atoms with E-state index in [0.29, 0.717) is 0 Å². The van der Waals surface area contributed by atoms with E-state index in [-0.39, 0.29) is 0 Å². The Hall–Kier alpha value is -2.50. The largest absolute Gasteiger partial charge is 0.495 e. The lowest BCUT2D eigenvalue weighted by atomic mass is 10.2. The second-order valence-corrected chi connectivity index (χ2v) is 6.94. The molecule has 1 aliphatic rings. The summed E-state index contributed by atoms with van der Waals surface area (Å²) >= 11 is 0. The Morgan fingerprint density at radius 2 is 1.78 bits per heavy atom. The van der Waals surface area contributed by atoms with Crippen LogP contribution in [0.3, 0.4) is 0 Å². The normalized spacial score (nSPS) is 14.3. The van der Waals surface area contributed by atoms with Gasteiger partial charge in [-0.25, -0.2) is 9.97 Å². The van der Waals surface area contributed by atoms with Gasteiger partial charge in [0.15, 0.2) is 0 Å². The number of hydrogen-bond donors (Lipinski definition) is 1. The van der Waals surface area contributed by atoms with E-state index < -0.39 is 0 Å². The van der Waals surface area contributed by atoms with Crippen molar-refractivity contribution in [1.82, 2.24) is 9.97 Å². The molecule has 1 aromatic carbocycles. The van der Waals surface area contributed by atoms with Gasteiger partial charge in [-0.05, 0) is 25.5 Å². The van der Waals surface area contributed by atoms with Crippen LogP contribution >= 0.6 is 0 Å². The zero-order valence-corrected chi connectivity index (χ0v) is 16.7. The van der Waals surface area contributed by atoms with Crippen LogP contribution in [0.25, 0.3) is 0 Å². The quantitative estimate of drug-likeness (QED) is 0.716. The van der Waals surface area contributed by atoms with E-state index in [0.717, 1.165) is 61.6 Å². The molecule has 0 aliphatic carbocycles. The monoisotopic (exact) mass is 369 g/mol. The fourth-order valence-corrected chi connectivity index (χ4v) is 3.46. The van der Waals surface area contributed by atoms with Crippen molar-refractivity contribution in [3.8, 4) is 5.75 Å². The number of ether oxygens (including phenoxy) is 1. The Morgan fingerprint density at radius 1 is 1.04 bits per heavy atom. The highest BCUT2D eigenvalue weighted by Gasteiger charge is 2.21. The van der Waals surface area contributed by atoms with Gasteiger partial charge in [0.2, 0.25) is 0 Å². The Kier molecular flexibility index (Phi) is 6.74. The summed E-state index contributed by atoms with van der Waals surface area (Å²) in [5.41, 5.74) is 1.16. The number of aromatic nitrogens is 2. The Bertz CT molecular complexity index is 728. The molecule has 1 aromatic heterocycles. The third-order valence-electron chi connectivity index (χ3n) is 4.94. The second-order valence-electron chi connectivity index (χ2n) is 6.94. The fourth-order valence-electron chi connectivity index (χ4n) is 3.46. The minimum atomic E-state index is 0.817. The van der Waals surface area contributed by atoms with E-state index in [1.54, 1.807) is 7.11 Å². The van der Waals surface area contributed by atoms with Crippen molar-refractivity contribution in [3.63, 3.8) is 0 Å². The summed E-state index contributed by atoms with van der Waals surface area (Å²) in [6.07, 6.45) is 3.65. The molecule has 0 bridgehead atoms. The summed E-state index contributed by atoms with van der Waals surface area (Å²) in [7, 11) is 1.73. The molecule has 0 radical (unpaired) electrons. The van der Waals surface area contributed by atoms with Gasteiger partial charge < -0.3 is 19.9 Å². The molecule has 3 rings (SSSR count). The number of rotatable bonds is 8. The number of anilines is 3. The standard InChI is InChI=1S/C21H31N5O/c1-4-5-8-11-22-20-16-21(24-17(2)23-20)26-14-12-25(13-15-26)18-9-6-7-10-19(18)27-3/h6-7,9-10,16H,4-5,8,11-15H2,1-3H3,(H,22,23,24). The smallest absolute Gasteiger partial charge is 0.142 e. The zero-order valence-electron chi connectivity index (χ0n) is 16.7. The van der Waals surface area contributed by atoms with Gasteiger partial charge in [-0.1, -0.05) is 31.9 Å². The number of nitrogens with zero attached hydrogens (tertiary/aromatic N) is 4. The SMILES string of the molecule is CCCCCNc1cc(N2CCN(c3ccccc3OC)CC2)nc(C)n1. The average Bonchev–Trinajstić information content (AvgIpc) is 2.71. The summed E-state index contributed by atoms with van der Waals surface area (Å²) < 4.78 is 5.51. The molecule has 0 unspecified atom stereocenters. The third kappa shape index (κ3) is 5.02. The average molecular weight is 370 g/mol. The number of aryl methyl sites for hydroxylation is 1. The van der Waals surface area contributed by atoms with Crippen LogP contribution in [0, 0.1) is 6.92 Å². The van der Waals surface area contributed by atoms with Gasteiger partial charge in [-0.2, -0.15) is 0 Å². The van der Waals surface area contributed by atoms with Crippen LogP contribution in [0.1, 0.15) is 32.0 Å². The van der Waals surface area contributed by atoms with Crippen molar-refractivity contribution in [2.75, 3.05) is 55.0 Å².